The molecular formula is C26H22F2O2. The van der Waals surface area contributed by atoms with Crippen molar-refractivity contribution in [2.45, 2.75) is 25.2 Å². The van der Waals surface area contributed by atoms with E-state index < -0.39 is 11.6 Å². The highest BCUT2D eigenvalue weighted by Crippen LogP contribution is 2.46. The van der Waals surface area contributed by atoms with Gasteiger partial charge in [0, 0.05) is 28.5 Å². The highest BCUT2D eigenvalue weighted by Gasteiger charge is 2.34. The number of methoxy groups -OCH3 is 1. The van der Waals surface area contributed by atoms with Gasteiger partial charge in [-0.2, -0.15) is 0 Å². The Hall–Kier alpha value is -3.27. The van der Waals surface area contributed by atoms with Crippen LogP contribution in [0.2, 0.25) is 0 Å². The van der Waals surface area contributed by atoms with Crippen LogP contribution < -0.4 is 4.74 Å². The SMILES string of the molecule is COc1ccccc1C1CC(c2ccc(F)c(F)c2)C=C1C(=O)c1cccc(C)c1. The molecule has 4 heteroatoms. The number of rotatable bonds is 5. The van der Waals surface area contributed by atoms with E-state index in [1.807, 2.05) is 55.5 Å². The molecule has 0 spiro atoms. The molecule has 30 heavy (non-hydrogen) atoms. The van der Waals surface area contributed by atoms with Crippen molar-refractivity contribution in [2.24, 2.45) is 0 Å². The van der Waals surface area contributed by atoms with Gasteiger partial charge in [-0.05, 0) is 43.2 Å². The normalized spacial score (nSPS) is 18.2. The minimum atomic E-state index is -0.881. The number of carbonyl (C=O) groups excluding carboxylic acids is 1. The first-order valence-corrected chi connectivity index (χ1v) is 9.89. The van der Waals surface area contributed by atoms with Gasteiger partial charge in [0.05, 0.1) is 7.11 Å². The predicted octanol–water partition coefficient (Wildman–Crippen LogP) is 6.36. The first-order chi connectivity index (χ1) is 14.5. The van der Waals surface area contributed by atoms with Crippen LogP contribution in [-0.4, -0.2) is 12.9 Å². The van der Waals surface area contributed by atoms with Crippen molar-refractivity contribution in [1.29, 1.82) is 0 Å². The van der Waals surface area contributed by atoms with E-state index in [9.17, 15) is 13.6 Å². The van der Waals surface area contributed by atoms with Crippen LogP contribution in [0.1, 0.15) is 45.3 Å². The Balaban J connectivity index is 1.79. The maximum atomic E-state index is 13.9. The summed E-state index contributed by atoms with van der Waals surface area (Å²) in [5.41, 5.74) is 3.84. The summed E-state index contributed by atoms with van der Waals surface area (Å²) in [6, 6.07) is 19.0. The van der Waals surface area contributed by atoms with Crippen LogP contribution in [0.4, 0.5) is 8.78 Å². The largest absolute Gasteiger partial charge is 0.496 e. The number of ketones is 1. The molecule has 0 heterocycles. The first-order valence-electron chi connectivity index (χ1n) is 9.89. The molecule has 0 fully saturated rings. The summed E-state index contributed by atoms with van der Waals surface area (Å²) in [7, 11) is 1.60. The third-order valence-electron chi connectivity index (χ3n) is 5.67. The van der Waals surface area contributed by atoms with Gasteiger partial charge in [-0.15, -0.1) is 0 Å². The lowest BCUT2D eigenvalue weighted by Gasteiger charge is -2.19. The molecule has 0 amide bonds. The van der Waals surface area contributed by atoms with Crippen LogP contribution in [0, 0.1) is 18.6 Å². The topological polar surface area (TPSA) is 26.3 Å². The van der Waals surface area contributed by atoms with E-state index in [1.54, 1.807) is 19.2 Å². The summed E-state index contributed by atoms with van der Waals surface area (Å²) in [4.78, 5) is 13.4. The molecule has 3 aromatic rings. The van der Waals surface area contributed by atoms with E-state index in [4.69, 9.17) is 4.74 Å². The zero-order valence-corrected chi connectivity index (χ0v) is 16.9. The summed E-state index contributed by atoms with van der Waals surface area (Å²) >= 11 is 0. The van der Waals surface area contributed by atoms with Crippen LogP contribution in [0.25, 0.3) is 0 Å². The number of benzene rings is 3. The number of ether oxygens (including phenoxy) is 1. The molecule has 0 aromatic heterocycles. The van der Waals surface area contributed by atoms with Gasteiger partial charge < -0.3 is 4.74 Å². The number of para-hydroxylation sites is 1. The third-order valence-corrected chi connectivity index (χ3v) is 5.67. The standard InChI is InChI=1S/C26H22F2O2/c1-16-6-5-7-18(12-16)26(29)22-14-19(17-10-11-23(27)24(28)15-17)13-21(22)20-8-3-4-9-25(20)30-2/h3-12,14-15,19,21H,13H2,1-2H3. The van der Waals surface area contributed by atoms with E-state index in [1.165, 1.54) is 6.07 Å². The Labute approximate surface area is 174 Å². The molecular weight excluding hydrogens is 382 g/mol. The van der Waals surface area contributed by atoms with E-state index in [0.29, 0.717) is 28.9 Å². The lowest BCUT2D eigenvalue weighted by atomic mass is 9.86. The smallest absolute Gasteiger partial charge is 0.189 e. The molecule has 1 aliphatic carbocycles. The van der Waals surface area contributed by atoms with Crippen molar-refractivity contribution in [3.63, 3.8) is 0 Å². The van der Waals surface area contributed by atoms with E-state index in [-0.39, 0.29) is 17.6 Å². The highest BCUT2D eigenvalue weighted by atomic mass is 19.2. The van der Waals surface area contributed by atoms with Gasteiger partial charge in [-0.25, -0.2) is 8.78 Å². The molecule has 2 atom stereocenters. The number of hydrogen-bond donors (Lipinski definition) is 0. The van der Waals surface area contributed by atoms with Gasteiger partial charge in [0.1, 0.15) is 5.75 Å². The van der Waals surface area contributed by atoms with Gasteiger partial charge in [0.25, 0.3) is 0 Å². The van der Waals surface area contributed by atoms with Crippen molar-refractivity contribution in [1.82, 2.24) is 0 Å². The molecule has 4 rings (SSSR count). The van der Waals surface area contributed by atoms with Crippen LogP contribution in [-0.2, 0) is 0 Å². The maximum absolute atomic E-state index is 13.9. The molecule has 2 nitrogen and oxygen atoms in total. The van der Waals surface area contributed by atoms with E-state index >= 15 is 0 Å². The maximum Gasteiger partial charge on any atom is 0.189 e. The van der Waals surface area contributed by atoms with Crippen molar-refractivity contribution in [3.8, 4) is 5.75 Å². The minimum absolute atomic E-state index is 0.0558. The lowest BCUT2D eigenvalue weighted by Crippen LogP contribution is -2.10. The number of hydrogen-bond acceptors (Lipinski definition) is 2. The fourth-order valence-electron chi connectivity index (χ4n) is 4.19. The quantitative estimate of drug-likeness (QED) is 0.462. The first kappa shape index (κ1) is 20.0. The third kappa shape index (κ3) is 3.78. The molecule has 2 unspecified atom stereocenters. The van der Waals surface area contributed by atoms with Crippen molar-refractivity contribution in [3.05, 3.63) is 112 Å². The van der Waals surface area contributed by atoms with Gasteiger partial charge >= 0.3 is 0 Å². The Bertz CT molecular complexity index is 1130. The van der Waals surface area contributed by atoms with Crippen molar-refractivity contribution >= 4 is 5.78 Å². The monoisotopic (exact) mass is 404 g/mol. The van der Waals surface area contributed by atoms with Crippen LogP contribution in [0.5, 0.6) is 5.75 Å². The zero-order chi connectivity index (χ0) is 21.3. The average Bonchev–Trinajstić information content (AvgIpc) is 3.20. The number of aryl methyl sites for hydroxylation is 1. The average molecular weight is 404 g/mol. The van der Waals surface area contributed by atoms with E-state index in [2.05, 4.69) is 0 Å². The van der Waals surface area contributed by atoms with Gasteiger partial charge in [-0.1, -0.05) is 54.1 Å². The minimum Gasteiger partial charge on any atom is -0.496 e. The molecule has 0 bridgehead atoms. The van der Waals surface area contributed by atoms with E-state index in [0.717, 1.165) is 17.2 Å². The molecule has 0 radical (unpaired) electrons. The second-order valence-electron chi connectivity index (χ2n) is 7.63. The highest BCUT2D eigenvalue weighted by molar-refractivity contribution is 6.10. The predicted molar refractivity (Wildman–Crippen MR) is 113 cm³/mol. The van der Waals surface area contributed by atoms with Gasteiger partial charge in [-0.3, -0.25) is 4.79 Å². The fourth-order valence-corrected chi connectivity index (χ4v) is 4.19. The molecule has 152 valence electrons. The zero-order valence-electron chi connectivity index (χ0n) is 16.9. The Morgan fingerprint density at radius 2 is 1.77 bits per heavy atom. The van der Waals surface area contributed by atoms with Gasteiger partial charge in [0.2, 0.25) is 0 Å². The Kier molecular flexibility index (Phi) is 5.49. The number of Topliss-reactive ketones (excluding diaryl/α,β-unsaturated/α-hetero) is 1. The fraction of sp³-hybridized carbons (Fsp3) is 0.192. The second-order valence-corrected chi connectivity index (χ2v) is 7.63. The molecule has 0 aliphatic heterocycles. The van der Waals surface area contributed by atoms with Crippen LogP contribution in [0.15, 0.2) is 78.4 Å². The summed E-state index contributed by atoms with van der Waals surface area (Å²) < 4.78 is 32.8. The summed E-state index contributed by atoms with van der Waals surface area (Å²) in [5.74, 6) is -1.51. The molecule has 0 saturated carbocycles. The molecule has 3 aromatic carbocycles. The van der Waals surface area contributed by atoms with Crippen LogP contribution in [0.3, 0.4) is 0 Å². The lowest BCUT2D eigenvalue weighted by molar-refractivity contribution is 0.102. The number of carbonyl (C=O) groups is 1. The summed E-state index contributed by atoms with van der Waals surface area (Å²) in [6.07, 6.45) is 2.48. The second kappa shape index (κ2) is 8.23. The molecule has 0 saturated heterocycles. The van der Waals surface area contributed by atoms with Crippen molar-refractivity contribution in [2.75, 3.05) is 7.11 Å². The Morgan fingerprint density at radius 1 is 0.967 bits per heavy atom. The van der Waals surface area contributed by atoms with Gasteiger partial charge in [0.15, 0.2) is 17.4 Å². The number of halogens is 2. The molecule has 0 N–H and O–H groups in total. The Morgan fingerprint density at radius 3 is 2.50 bits per heavy atom. The molecule has 1 aliphatic rings. The van der Waals surface area contributed by atoms with Crippen LogP contribution >= 0.6 is 0 Å². The number of allylic oxidation sites excluding steroid dienone is 2. The summed E-state index contributed by atoms with van der Waals surface area (Å²) in [6.45, 7) is 1.95. The van der Waals surface area contributed by atoms with Crippen molar-refractivity contribution < 1.29 is 18.3 Å². The summed E-state index contributed by atoms with van der Waals surface area (Å²) in [5, 5.41) is 0.